The van der Waals surface area contributed by atoms with Gasteiger partial charge in [-0.05, 0) is 44.7 Å². The van der Waals surface area contributed by atoms with Crippen LogP contribution in [0.1, 0.15) is 43.2 Å². The van der Waals surface area contributed by atoms with Gasteiger partial charge in [-0.3, -0.25) is 9.69 Å². The number of piperidine rings is 1. The minimum absolute atomic E-state index is 0.0586. The summed E-state index contributed by atoms with van der Waals surface area (Å²) in [6, 6.07) is 1.97. The Hall–Kier alpha value is -2.04. The number of ether oxygens (including phenoxy) is 1. The van der Waals surface area contributed by atoms with Crippen molar-refractivity contribution in [1.82, 2.24) is 9.88 Å². The Morgan fingerprint density at radius 1 is 1.48 bits per heavy atom. The molecule has 3 aliphatic rings. The van der Waals surface area contributed by atoms with Crippen molar-refractivity contribution >= 4 is 11.9 Å². The van der Waals surface area contributed by atoms with E-state index >= 15 is 0 Å². The van der Waals surface area contributed by atoms with Crippen LogP contribution >= 0.6 is 0 Å². The third-order valence-electron chi connectivity index (χ3n) is 4.61. The van der Waals surface area contributed by atoms with E-state index in [2.05, 4.69) is 4.98 Å². The molecule has 2 aliphatic carbocycles. The molecule has 1 aliphatic heterocycles. The molecular weight excluding hydrogens is 268 g/mol. The molecule has 1 saturated carbocycles. The van der Waals surface area contributed by atoms with Gasteiger partial charge in [0.25, 0.3) is 0 Å². The van der Waals surface area contributed by atoms with Crippen LogP contribution in [0.4, 0.5) is 4.79 Å². The topological polar surface area (TPSA) is 62.4 Å². The molecule has 1 aromatic rings. The Labute approximate surface area is 123 Å². The van der Waals surface area contributed by atoms with Gasteiger partial charge in [-0.2, -0.15) is 0 Å². The SMILES string of the molecule is CC(C)(C)OC(=O)N1C[C@H]2C[C@@]23C1=CC(=O)c1[nH]ccc13. The molecule has 2 heterocycles. The number of carbonyl (C=O) groups excluding carboxylic acids is 2. The molecule has 0 bridgehead atoms. The second kappa shape index (κ2) is 3.59. The van der Waals surface area contributed by atoms with E-state index in [9.17, 15) is 9.59 Å². The number of aromatic nitrogens is 1. The molecule has 1 aromatic heterocycles. The van der Waals surface area contributed by atoms with Gasteiger partial charge in [0.1, 0.15) is 5.60 Å². The first-order valence-corrected chi connectivity index (χ1v) is 7.28. The molecule has 110 valence electrons. The highest BCUT2D eigenvalue weighted by atomic mass is 16.6. The number of carbonyl (C=O) groups is 2. The standard InChI is InChI=1S/C16H18N2O3/c1-15(2,3)21-14(20)18-8-9-7-16(9)10-4-5-17-13(10)11(19)6-12(16)18/h4-6,9,17H,7-8H2,1-3H3/t9-,16-/m1/s1. The fraction of sp³-hybridized carbons (Fsp3) is 0.500. The molecule has 0 radical (unpaired) electrons. The van der Waals surface area contributed by atoms with E-state index in [1.807, 2.05) is 26.8 Å². The first-order valence-electron chi connectivity index (χ1n) is 7.28. The molecule has 4 rings (SSSR count). The summed E-state index contributed by atoms with van der Waals surface area (Å²) < 4.78 is 5.47. The normalized spacial score (nSPS) is 29.5. The number of allylic oxidation sites excluding steroid dienone is 2. The van der Waals surface area contributed by atoms with Crippen molar-refractivity contribution in [3.63, 3.8) is 0 Å². The number of hydrogen-bond donors (Lipinski definition) is 1. The Morgan fingerprint density at radius 3 is 2.95 bits per heavy atom. The highest BCUT2D eigenvalue weighted by molar-refractivity contribution is 6.07. The van der Waals surface area contributed by atoms with Crippen LogP contribution in [0.2, 0.25) is 0 Å². The van der Waals surface area contributed by atoms with Crippen molar-refractivity contribution in [2.75, 3.05) is 6.54 Å². The van der Waals surface area contributed by atoms with E-state index in [4.69, 9.17) is 4.74 Å². The maximum atomic E-state index is 12.4. The van der Waals surface area contributed by atoms with Gasteiger partial charge in [0.2, 0.25) is 5.78 Å². The number of nitrogens with one attached hydrogen (secondary N) is 1. The van der Waals surface area contributed by atoms with E-state index in [1.54, 1.807) is 17.2 Å². The highest BCUT2D eigenvalue weighted by Gasteiger charge is 2.68. The first-order chi connectivity index (χ1) is 9.83. The molecule has 0 unspecified atom stereocenters. The fourth-order valence-electron chi connectivity index (χ4n) is 3.73. The number of hydrogen-bond acceptors (Lipinski definition) is 3. The molecule has 1 N–H and O–H groups in total. The van der Waals surface area contributed by atoms with E-state index in [-0.39, 0.29) is 17.3 Å². The monoisotopic (exact) mass is 286 g/mol. The number of amides is 1. The van der Waals surface area contributed by atoms with Gasteiger partial charge >= 0.3 is 6.09 Å². The number of likely N-dealkylation sites (tertiary alicyclic amines) is 1. The zero-order chi connectivity index (χ0) is 15.0. The van der Waals surface area contributed by atoms with E-state index in [0.29, 0.717) is 18.2 Å². The molecule has 21 heavy (non-hydrogen) atoms. The molecule has 1 amide bonds. The summed E-state index contributed by atoms with van der Waals surface area (Å²) in [5, 5.41) is 0. The minimum Gasteiger partial charge on any atom is -0.443 e. The predicted octanol–water partition coefficient (Wildman–Crippen LogP) is 2.60. The second-order valence-electron chi connectivity index (χ2n) is 7.12. The molecule has 2 fully saturated rings. The van der Waals surface area contributed by atoms with Crippen molar-refractivity contribution < 1.29 is 14.3 Å². The summed E-state index contributed by atoms with van der Waals surface area (Å²) in [5.74, 6) is 0.343. The smallest absolute Gasteiger partial charge is 0.414 e. The van der Waals surface area contributed by atoms with Crippen molar-refractivity contribution in [1.29, 1.82) is 0 Å². The van der Waals surface area contributed by atoms with Gasteiger partial charge in [-0.1, -0.05) is 0 Å². The molecular formula is C16H18N2O3. The lowest BCUT2D eigenvalue weighted by molar-refractivity contribution is 0.0322. The van der Waals surface area contributed by atoms with Gasteiger partial charge in [0, 0.05) is 29.9 Å². The highest BCUT2D eigenvalue weighted by Crippen LogP contribution is 2.66. The van der Waals surface area contributed by atoms with Crippen molar-refractivity contribution in [2.24, 2.45) is 5.92 Å². The largest absolute Gasteiger partial charge is 0.443 e. The molecule has 0 aromatic carbocycles. The second-order valence-corrected chi connectivity index (χ2v) is 7.12. The Balaban J connectivity index is 1.72. The predicted molar refractivity (Wildman–Crippen MR) is 75.9 cm³/mol. The van der Waals surface area contributed by atoms with Crippen LogP contribution in [0.3, 0.4) is 0 Å². The van der Waals surface area contributed by atoms with Crippen molar-refractivity contribution in [2.45, 2.75) is 38.2 Å². The summed E-state index contributed by atoms with van der Waals surface area (Å²) in [5.41, 5.74) is 1.86. The lowest BCUT2D eigenvalue weighted by Crippen LogP contribution is -2.37. The third-order valence-corrected chi connectivity index (χ3v) is 4.61. The van der Waals surface area contributed by atoms with E-state index < -0.39 is 5.60 Å². The zero-order valence-electron chi connectivity index (χ0n) is 12.4. The van der Waals surface area contributed by atoms with Crippen LogP contribution in [0.5, 0.6) is 0 Å². The van der Waals surface area contributed by atoms with Crippen LogP contribution in [0.15, 0.2) is 24.0 Å². The minimum atomic E-state index is -0.532. The number of fused-ring (bicyclic) bond motifs is 1. The average Bonchev–Trinajstić information content (AvgIpc) is 2.76. The summed E-state index contributed by atoms with van der Waals surface area (Å²) >= 11 is 0. The molecule has 2 atom stereocenters. The van der Waals surface area contributed by atoms with Gasteiger partial charge in [-0.15, -0.1) is 0 Å². The molecule has 1 spiro atoms. The van der Waals surface area contributed by atoms with Gasteiger partial charge < -0.3 is 9.72 Å². The maximum absolute atomic E-state index is 12.4. The lowest BCUT2D eigenvalue weighted by Gasteiger charge is -2.30. The van der Waals surface area contributed by atoms with Crippen LogP contribution in [0.25, 0.3) is 0 Å². The molecule has 5 heteroatoms. The number of nitrogens with zero attached hydrogens (tertiary/aromatic N) is 1. The van der Waals surface area contributed by atoms with Crippen LogP contribution in [0, 0.1) is 5.92 Å². The van der Waals surface area contributed by atoms with Crippen molar-refractivity contribution in [3.8, 4) is 0 Å². The van der Waals surface area contributed by atoms with Crippen LogP contribution in [-0.4, -0.2) is 33.9 Å². The van der Waals surface area contributed by atoms with Gasteiger partial charge in [0.05, 0.1) is 5.69 Å². The summed E-state index contributed by atoms with van der Waals surface area (Å²) in [6.45, 7) is 6.19. The Kier molecular flexibility index (Phi) is 2.17. The van der Waals surface area contributed by atoms with Gasteiger partial charge in [-0.25, -0.2) is 4.79 Å². The van der Waals surface area contributed by atoms with Crippen LogP contribution in [-0.2, 0) is 10.2 Å². The fourth-order valence-corrected chi connectivity index (χ4v) is 3.73. The summed E-state index contributed by atoms with van der Waals surface area (Å²) in [4.78, 5) is 29.3. The van der Waals surface area contributed by atoms with Crippen molar-refractivity contribution in [3.05, 3.63) is 35.3 Å². The number of H-pyrrole nitrogens is 1. The number of aromatic amines is 1. The Bertz CT molecular complexity index is 695. The quantitative estimate of drug-likeness (QED) is 0.797. The molecule has 1 saturated heterocycles. The molecule has 5 nitrogen and oxygen atoms in total. The third kappa shape index (κ3) is 1.57. The summed E-state index contributed by atoms with van der Waals surface area (Å²) in [7, 11) is 0. The average molecular weight is 286 g/mol. The van der Waals surface area contributed by atoms with Gasteiger partial charge in [0.15, 0.2) is 0 Å². The lowest BCUT2D eigenvalue weighted by atomic mass is 9.85. The zero-order valence-corrected chi connectivity index (χ0v) is 12.4. The summed E-state index contributed by atoms with van der Waals surface area (Å²) in [6.07, 6.45) is 4.07. The Morgan fingerprint density at radius 2 is 2.24 bits per heavy atom. The van der Waals surface area contributed by atoms with E-state index in [0.717, 1.165) is 17.7 Å². The number of rotatable bonds is 0. The van der Waals surface area contributed by atoms with E-state index in [1.165, 1.54) is 0 Å². The first kappa shape index (κ1) is 12.7. The van der Waals surface area contributed by atoms with Crippen LogP contribution < -0.4 is 0 Å². The maximum Gasteiger partial charge on any atom is 0.414 e. The number of ketones is 1.